The third kappa shape index (κ3) is 4.97. The third-order valence-electron chi connectivity index (χ3n) is 6.05. The number of hydrogen-bond acceptors (Lipinski definition) is 5. The number of hydrogen-bond donors (Lipinski definition) is 0. The second-order valence-electron chi connectivity index (χ2n) is 8.20. The Kier molecular flexibility index (Phi) is 6.37. The molecule has 2 aliphatic rings. The second kappa shape index (κ2) is 9.14. The fourth-order valence-corrected chi connectivity index (χ4v) is 5.27. The molecule has 5 nitrogen and oxygen atoms in total. The van der Waals surface area contributed by atoms with E-state index in [1.807, 2.05) is 24.6 Å². The lowest BCUT2D eigenvalue weighted by Crippen LogP contribution is -2.39. The SMILES string of the molecule is Cc1nc(CC(=O)N2CCN(C3CCCC3)C[C@H](Cc3ccccn3)C2)cs1. The molecule has 0 bridgehead atoms. The molecule has 3 heterocycles. The molecule has 28 heavy (non-hydrogen) atoms. The van der Waals surface area contributed by atoms with Crippen LogP contribution in [0.25, 0.3) is 0 Å². The Morgan fingerprint density at radius 1 is 1.18 bits per heavy atom. The molecule has 0 N–H and O–H groups in total. The molecule has 2 aromatic rings. The zero-order valence-electron chi connectivity index (χ0n) is 16.7. The van der Waals surface area contributed by atoms with E-state index >= 15 is 0 Å². The molecular weight excluding hydrogens is 368 g/mol. The number of aryl methyl sites for hydroxylation is 1. The van der Waals surface area contributed by atoms with Crippen LogP contribution >= 0.6 is 11.3 Å². The van der Waals surface area contributed by atoms with Gasteiger partial charge in [-0.15, -0.1) is 11.3 Å². The summed E-state index contributed by atoms with van der Waals surface area (Å²) in [5.74, 6) is 0.642. The van der Waals surface area contributed by atoms with Crippen molar-refractivity contribution in [2.45, 2.75) is 51.5 Å². The lowest BCUT2D eigenvalue weighted by Gasteiger charge is -2.29. The number of amides is 1. The van der Waals surface area contributed by atoms with Crippen molar-refractivity contribution in [2.24, 2.45) is 5.92 Å². The number of nitrogens with zero attached hydrogens (tertiary/aromatic N) is 4. The molecule has 0 radical (unpaired) electrons. The van der Waals surface area contributed by atoms with Crippen molar-refractivity contribution in [1.29, 1.82) is 0 Å². The Morgan fingerprint density at radius 3 is 2.75 bits per heavy atom. The molecule has 1 aliphatic heterocycles. The summed E-state index contributed by atoms with van der Waals surface area (Å²) in [4.78, 5) is 26.8. The van der Waals surface area contributed by atoms with Crippen LogP contribution in [0.4, 0.5) is 0 Å². The van der Waals surface area contributed by atoms with E-state index < -0.39 is 0 Å². The molecule has 4 rings (SSSR count). The van der Waals surface area contributed by atoms with Crippen LogP contribution in [0.5, 0.6) is 0 Å². The average Bonchev–Trinajstić information content (AvgIpc) is 3.32. The van der Waals surface area contributed by atoms with Gasteiger partial charge in [0, 0.05) is 49.5 Å². The lowest BCUT2D eigenvalue weighted by atomic mass is 10.0. The van der Waals surface area contributed by atoms with Crippen LogP contribution in [0.3, 0.4) is 0 Å². The first-order valence-electron chi connectivity index (χ1n) is 10.5. The minimum atomic E-state index is 0.213. The zero-order valence-corrected chi connectivity index (χ0v) is 17.5. The molecular formula is C22H30N4OS. The van der Waals surface area contributed by atoms with Gasteiger partial charge in [0.05, 0.1) is 17.1 Å². The summed E-state index contributed by atoms with van der Waals surface area (Å²) >= 11 is 1.62. The molecule has 1 atom stereocenters. The normalized spacial score (nSPS) is 21.8. The fraction of sp³-hybridized carbons (Fsp3) is 0.591. The Labute approximate surface area is 171 Å². The number of rotatable bonds is 5. The topological polar surface area (TPSA) is 49.3 Å². The Balaban J connectivity index is 1.46. The highest BCUT2D eigenvalue weighted by atomic mass is 32.1. The highest BCUT2D eigenvalue weighted by molar-refractivity contribution is 7.09. The van der Waals surface area contributed by atoms with Crippen LogP contribution in [0, 0.1) is 12.8 Å². The molecule has 150 valence electrons. The van der Waals surface area contributed by atoms with Crippen LogP contribution < -0.4 is 0 Å². The lowest BCUT2D eigenvalue weighted by molar-refractivity contribution is -0.130. The minimum Gasteiger partial charge on any atom is -0.341 e. The van der Waals surface area contributed by atoms with Crippen LogP contribution in [-0.2, 0) is 17.6 Å². The highest BCUT2D eigenvalue weighted by Gasteiger charge is 2.31. The largest absolute Gasteiger partial charge is 0.341 e. The van der Waals surface area contributed by atoms with E-state index in [2.05, 4.69) is 31.9 Å². The zero-order chi connectivity index (χ0) is 19.3. The fourth-order valence-electron chi connectivity index (χ4n) is 4.66. The smallest absolute Gasteiger partial charge is 0.228 e. The third-order valence-corrected chi connectivity index (χ3v) is 6.87. The Bertz CT molecular complexity index is 772. The first-order valence-corrected chi connectivity index (χ1v) is 11.4. The van der Waals surface area contributed by atoms with Crippen LogP contribution in [0.2, 0.25) is 0 Å². The maximum Gasteiger partial charge on any atom is 0.228 e. The van der Waals surface area contributed by atoms with Gasteiger partial charge >= 0.3 is 0 Å². The van der Waals surface area contributed by atoms with Crippen LogP contribution in [0.1, 0.15) is 42.1 Å². The summed E-state index contributed by atoms with van der Waals surface area (Å²) in [6.07, 6.45) is 8.53. The summed E-state index contributed by atoms with van der Waals surface area (Å²) in [5, 5.41) is 3.04. The quantitative estimate of drug-likeness (QED) is 0.775. The maximum atomic E-state index is 13.0. The summed E-state index contributed by atoms with van der Waals surface area (Å²) in [5.41, 5.74) is 2.04. The Hall–Kier alpha value is -1.79. The van der Waals surface area contributed by atoms with Crippen molar-refractivity contribution < 1.29 is 4.79 Å². The maximum absolute atomic E-state index is 13.0. The molecule has 0 aromatic carbocycles. The predicted molar refractivity (Wildman–Crippen MR) is 112 cm³/mol. The van der Waals surface area contributed by atoms with Crippen molar-refractivity contribution in [2.75, 3.05) is 26.2 Å². The van der Waals surface area contributed by atoms with Gasteiger partial charge in [-0.05, 0) is 44.2 Å². The first-order chi connectivity index (χ1) is 13.7. The summed E-state index contributed by atoms with van der Waals surface area (Å²) in [6.45, 7) is 5.71. The standard InChI is InChI=1S/C22H30N4OS/c1-17-24-20(16-28-17)13-22(27)26-11-10-25(21-7-2-3-8-21)14-18(15-26)12-19-6-4-5-9-23-19/h4-6,9,16,18,21H,2-3,7-8,10-15H2,1H3/t18-/m0/s1. The number of pyridine rings is 1. The van der Waals surface area contributed by atoms with Gasteiger partial charge in [-0.2, -0.15) is 0 Å². The van der Waals surface area contributed by atoms with Gasteiger partial charge in [0.15, 0.2) is 0 Å². The molecule has 1 saturated heterocycles. The molecule has 1 saturated carbocycles. The van der Waals surface area contributed by atoms with Crippen molar-refractivity contribution in [3.05, 3.63) is 46.2 Å². The van der Waals surface area contributed by atoms with Crippen molar-refractivity contribution >= 4 is 17.2 Å². The number of carbonyl (C=O) groups excluding carboxylic acids is 1. The van der Waals surface area contributed by atoms with E-state index in [0.29, 0.717) is 18.4 Å². The number of thiazole rings is 1. The minimum absolute atomic E-state index is 0.213. The highest BCUT2D eigenvalue weighted by Crippen LogP contribution is 2.26. The molecule has 0 unspecified atom stereocenters. The average molecular weight is 399 g/mol. The van der Waals surface area contributed by atoms with E-state index in [9.17, 15) is 4.79 Å². The Morgan fingerprint density at radius 2 is 2.04 bits per heavy atom. The van der Waals surface area contributed by atoms with Gasteiger partial charge < -0.3 is 4.90 Å². The molecule has 2 fully saturated rings. The van der Waals surface area contributed by atoms with E-state index in [0.717, 1.165) is 49.0 Å². The van der Waals surface area contributed by atoms with E-state index in [4.69, 9.17) is 0 Å². The van der Waals surface area contributed by atoms with Gasteiger partial charge in [0.25, 0.3) is 0 Å². The van der Waals surface area contributed by atoms with E-state index in [-0.39, 0.29) is 5.91 Å². The van der Waals surface area contributed by atoms with Crippen LogP contribution in [0.15, 0.2) is 29.8 Å². The van der Waals surface area contributed by atoms with Gasteiger partial charge in [-0.3, -0.25) is 14.7 Å². The summed E-state index contributed by atoms with van der Waals surface area (Å²) in [7, 11) is 0. The first kappa shape index (κ1) is 19.5. The summed E-state index contributed by atoms with van der Waals surface area (Å²) < 4.78 is 0. The number of carbonyl (C=O) groups is 1. The monoisotopic (exact) mass is 398 g/mol. The second-order valence-corrected chi connectivity index (χ2v) is 9.26. The van der Waals surface area contributed by atoms with Gasteiger partial charge in [-0.1, -0.05) is 18.9 Å². The van der Waals surface area contributed by atoms with Crippen molar-refractivity contribution in [1.82, 2.24) is 19.8 Å². The van der Waals surface area contributed by atoms with Gasteiger partial charge in [0.2, 0.25) is 5.91 Å². The molecule has 6 heteroatoms. The predicted octanol–water partition coefficient (Wildman–Crippen LogP) is 3.33. The van der Waals surface area contributed by atoms with E-state index in [1.165, 1.54) is 25.7 Å². The van der Waals surface area contributed by atoms with Crippen molar-refractivity contribution in [3.8, 4) is 0 Å². The van der Waals surface area contributed by atoms with Gasteiger partial charge in [-0.25, -0.2) is 4.98 Å². The van der Waals surface area contributed by atoms with Crippen LogP contribution in [-0.4, -0.2) is 57.9 Å². The molecule has 1 amide bonds. The van der Waals surface area contributed by atoms with E-state index in [1.54, 1.807) is 11.3 Å². The van der Waals surface area contributed by atoms with Gasteiger partial charge in [0.1, 0.15) is 0 Å². The molecule has 2 aromatic heterocycles. The molecule has 0 spiro atoms. The van der Waals surface area contributed by atoms with Crippen molar-refractivity contribution in [3.63, 3.8) is 0 Å². The number of aromatic nitrogens is 2. The molecule has 1 aliphatic carbocycles. The summed E-state index contributed by atoms with van der Waals surface area (Å²) in [6, 6.07) is 6.83.